The van der Waals surface area contributed by atoms with Crippen LogP contribution in [0.4, 0.5) is 5.95 Å². The molecule has 0 aliphatic rings. The number of ether oxygens (including phenoxy) is 4. The lowest BCUT2D eigenvalue weighted by atomic mass is 10.1. The van der Waals surface area contributed by atoms with Gasteiger partial charge in [-0.3, -0.25) is 20.6 Å². The van der Waals surface area contributed by atoms with Crippen molar-refractivity contribution < 1.29 is 28.5 Å². The zero-order valence-electron chi connectivity index (χ0n) is 19.6. The van der Waals surface area contributed by atoms with E-state index in [-0.39, 0.29) is 12.6 Å². The van der Waals surface area contributed by atoms with Gasteiger partial charge in [0.2, 0.25) is 0 Å². The summed E-state index contributed by atoms with van der Waals surface area (Å²) in [4.78, 5) is 32.2. The molecule has 0 unspecified atom stereocenters. The Kier molecular flexibility index (Phi) is 7.34. The number of methoxy groups -OCH3 is 3. The van der Waals surface area contributed by atoms with Gasteiger partial charge in [-0.15, -0.1) is 10.2 Å². The fourth-order valence-electron chi connectivity index (χ4n) is 3.24. The van der Waals surface area contributed by atoms with E-state index in [0.717, 1.165) is 0 Å². The van der Waals surface area contributed by atoms with E-state index >= 15 is 0 Å². The number of anilines is 1. The highest BCUT2D eigenvalue weighted by atomic mass is 16.5. The minimum Gasteiger partial charge on any atom is -0.493 e. The number of hydrazine groups is 1. The van der Waals surface area contributed by atoms with Gasteiger partial charge in [-0.25, -0.2) is 9.78 Å². The smallest absolute Gasteiger partial charge is 0.337 e. The highest BCUT2D eigenvalue weighted by Gasteiger charge is 2.12. The first-order chi connectivity index (χ1) is 17.5. The number of carbonyl (C=O) groups is 2. The summed E-state index contributed by atoms with van der Waals surface area (Å²) in [6.07, 6.45) is 3.06. The van der Waals surface area contributed by atoms with E-state index in [1.54, 1.807) is 48.7 Å². The standard InChI is InChI=1S/C24H22N6O6/c1-33-20-10-16-17(11-21(20)34-2)25-9-8-19(16)36-13-22(31)28-30-24-26-12-18(27-29-24)14-4-6-15(7-5-14)23(32)35-3/h4-12H,13H2,1-3H3,(H,28,31)(H,26,29,30). The molecule has 12 nitrogen and oxygen atoms in total. The Hall–Kier alpha value is -5.00. The number of pyridine rings is 1. The van der Waals surface area contributed by atoms with Crippen molar-refractivity contribution in [3.8, 4) is 28.5 Å². The van der Waals surface area contributed by atoms with Gasteiger partial charge in [0.05, 0.1) is 38.6 Å². The molecule has 184 valence electrons. The van der Waals surface area contributed by atoms with Crippen molar-refractivity contribution in [3.63, 3.8) is 0 Å². The predicted octanol–water partition coefficient (Wildman–Crippen LogP) is 2.41. The third-order valence-electron chi connectivity index (χ3n) is 5.04. The van der Waals surface area contributed by atoms with Crippen molar-refractivity contribution in [1.82, 2.24) is 25.6 Å². The van der Waals surface area contributed by atoms with Gasteiger partial charge < -0.3 is 18.9 Å². The van der Waals surface area contributed by atoms with Gasteiger partial charge in [0.1, 0.15) is 11.4 Å². The molecule has 4 aromatic rings. The highest BCUT2D eigenvalue weighted by molar-refractivity contribution is 5.90. The molecule has 4 rings (SSSR count). The summed E-state index contributed by atoms with van der Waals surface area (Å²) in [5, 5.41) is 8.68. The van der Waals surface area contributed by atoms with Gasteiger partial charge in [-0.2, -0.15) is 0 Å². The van der Waals surface area contributed by atoms with Crippen LogP contribution in [0, 0.1) is 0 Å². The van der Waals surface area contributed by atoms with Crippen LogP contribution in [0.25, 0.3) is 22.2 Å². The monoisotopic (exact) mass is 490 g/mol. The summed E-state index contributed by atoms with van der Waals surface area (Å²) in [6.45, 7) is -0.279. The first kappa shape index (κ1) is 24.1. The van der Waals surface area contributed by atoms with Gasteiger partial charge in [-0.05, 0) is 24.3 Å². The third-order valence-corrected chi connectivity index (χ3v) is 5.04. The first-order valence-corrected chi connectivity index (χ1v) is 10.6. The van der Waals surface area contributed by atoms with Crippen LogP contribution in [0.3, 0.4) is 0 Å². The van der Waals surface area contributed by atoms with E-state index in [0.29, 0.717) is 45.0 Å². The molecule has 0 aliphatic heterocycles. The Morgan fingerprint density at radius 1 is 0.889 bits per heavy atom. The molecule has 1 amide bonds. The summed E-state index contributed by atoms with van der Waals surface area (Å²) in [6, 6.07) is 11.8. The lowest BCUT2D eigenvalue weighted by molar-refractivity contribution is -0.122. The lowest BCUT2D eigenvalue weighted by Gasteiger charge is -2.12. The number of aromatic nitrogens is 4. The number of esters is 1. The van der Waals surface area contributed by atoms with E-state index < -0.39 is 11.9 Å². The van der Waals surface area contributed by atoms with Crippen LogP contribution < -0.4 is 25.1 Å². The summed E-state index contributed by atoms with van der Waals surface area (Å²) >= 11 is 0. The van der Waals surface area contributed by atoms with Crippen LogP contribution in [-0.2, 0) is 9.53 Å². The Morgan fingerprint density at radius 2 is 1.64 bits per heavy atom. The van der Waals surface area contributed by atoms with E-state index in [4.69, 9.17) is 14.2 Å². The molecule has 0 atom stereocenters. The SMILES string of the molecule is COC(=O)c1ccc(-c2cnc(NNC(=O)COc3ccnc4cc(OC)c(OC)cc34)nn2)cc1. The van der Waals surface area contributed by atoms with Crippen LogP contribution in [0.15, 0.2) is 54.9 Å². The quantitative estimate of drug-likeness (QED) is 0.263. The second-order valence-corrected chi connectivity index (χ2v) is 7.23. The molecule has 2 N–H and O–H groups in total. The third kappa shape index (κ3) is 5.38. The lowest BCUT2D eigenvalue weighted by Crippen LogP contribution is -2.34. The molecule has 2 aromatic carbocycles. The molecule has 0 saturated carbocycles. The Morgan fingerprint density at radius 3 is 2.31 bits per heavy atom. The highest BCUT2D eigenvalue weighted by Crippen LogP contribution is 2.35. The van der Waals surface area contributed by atoms with Crippen LogP contribution in [0.1, 0.15) is 10.4 Å². The number of hydrogen-bond acceptors (Lipinski definition) is 11. The fraction of sp³-hybridized carbons (Fsp3) is 0.167. The zero-order valence-corrected chi connectivity index (χ0v) is 19.6. The second-order valence-electron chi connectivity index (χ2n) is 7.23. The number of amides is 1. The van der Waals surface area contributed by atoms with Gasteiger partial charge in [0.25, 0.3) is 11.9 Å². The van der Waals surface area contributed by atoms with Crippen LogP contribution in [0.2, 0.25) is 0 Å². The zero-order chi connectivity index (χ0) is 25.5. The van der Waals surface area contributed by atoms with Crippen molar-refractivity contribution in [3.05, 3.63) is 60.4 Å². The number of benzene rings is 2. The van der Waals surface area contributed by atoms with Gasteiger partial charge in [0.15, 0.2) is 18.1 Å². The normalized spacial score (nSPS) is 10.4. The number of carbonyl (C=O) groups excluding carboxylic acids is 2. The summed E-state index contributed by atoms with van der Waals surface area (Å²) in [7, 11) is 4.39. The summed E-state index contributed by atoms with van der Waals surface area (Å²) < 4.78 is 21.0. The average molecular weight is 490 g/mol. The number of nitrogens with one attached hydrogen (secondary N) is 2. The molecule has 0 saturated heterocycles. The van der Waals surface area contributed by atoms with E-state index in [2.05, 4.69) is 35.8 Å². The van der Waals surface area contributed by atoms with E-state index in [1.165, 1.54) is 27.5 Å². The molecule has 0 bridgehead atoms. The second kappa shape index (κ2) is 11.0. The topological polar surface area (TPSA) is 147 Å². The summed E-state index contributed by atoms with van der Waals surface area (Å²) in [5.74, 6) is 0.700. The number of hydrogen-bond donors (Lipinski definition) is 2. The molecule has 0 fully saturated rings. The molecule has 36 heavy (non-hydrogen) atoms. The maximum absolute atomic E-state index is 12.3. The molecule has 2 heterocycles. The Labute approximate surface area is 205 Å². The van der Waals surface area contributed by atoms with Gasteiger partial charge in [0, 0.05) is 23.2 Å². The van der Waals surface area contributed by atoms with Gasteiger partial charge in [-0.1, -0.05) is 12.1 Å². The number of nitrogens with zero attached hydrogens (tertiary/aromatic N) is 4. The maximum atomic E-state index is 12.3. The van der Waals surface area contributed by atoms with Crippen molar-refractivity contribution in [1.29, 1.82) is 0 Å². The van der Waals surface area contributed by atoms with Crippen molar-refractivity contribution in [2.75, 3.05) is 33.4 Å². The molecule has 2 aromatic heterocycles. The van der Waals surface area contributed by atoms with Crippen LogP contribution in [-0.4, -0.2) is 60.0 Å². The fourth-order valence-corrected chi connectivity index (χ4v) is 3.24. The molecule has 0 radical (unpaired) electrons. The molecular formula is C24H22N6O6. The Balaban J connectivity index is 1.34. The summed E-state index contributed by atoms with van der Waals surface area (Å²) in [5.41, 5.74) is 7.29. The van der Waals surface area contributed by atoms with Crippen molar-refractivity contribution >= 4 is 28.7 Å². The molecule has 0 aliphatic carbocycles. The van der Waals surface area contributed by atoms with Crippen LogP contribution >= 0.6 is 0 Å². The minimum absolute atomic E-state index is 0.0875. The largest absolute Gasteiger partial charge is 0.493 e. The molecular weight excluding hydrogens is 468 g/mol. The van der Waals surface area contributed by atoms with Crippen LogP contribution in [0.5, 0.6) is 17.2 Å². The predicted molar refractivity (Wildman–Crippen MR) is 129 cm³/mol. The van der Waals surface area contributed by atoms with Crippen molar-refractivity contribution in [2.24, 2.45) is 0 Å². The van der Waals surface area contributed by atoms with Gasteiger partial charge >= 0.3 is 5.97 Å². The number of rotatable bonds is 9. The molecule has 12 heteroatoms. The minimum atomic E-state index is -0.466. The average Bonchev–Trinajstić information content (AvgIpc) is 2.94. The first-order valence-electron chi connectivity index (χ1n) is 10.6. The number of fused-ring (bicyclic) bond motifs is 1. The van der Waals surface area contributed by atoms with Crippen molar-refractivity contribution in [2.45, 2.75) is 0 Å². The van der Waals surface area contributed by atoms with E-state index in [9.17, 15) is 9.59 Å². The maximum Gasteiger partial charge on any atom is 0.337 e. The Bertz CT molecular complexity index is 1380. The molecule has 0 spiro atoms. The van der Waals surface area contributed by atoms with E-state index in [1.807, 2.05) is 0 Å².